The molecule has 5 nitrogen and oxygen atoms in total. The highest BCUT2D eigenvalue weighted by Gasteiger charge is 2.11. The Morgan fingerprint density at radius 1 is 1.27 bits per heavy atom. The van der Waals surface area contributed by atoms with E-state index in [2.05, 4.69) is 27.4 Å². The van der Waals surface area contributed by atoms with Crippen LogP contribution in [0.1, 0.15) is 12.5 Å². The third-order valence-corrected chi connectivity index (χ3v) is 4.80. The highest BCUT2D eigenvalue weighted by atomic mass is 35.5. The van der Waals surface area contributed by atoms with Crippen molar-refractivity contribution in [3.63, 3.8) is 0 Å². The summed E-state index contributed by atoms with van der Waals surface area (Å²) in [5, 5.41) is 10.2. The molecule has 1 heterocycles. The van der Waals surface area contributed by atoms with E-state index in [9.17, 15) is 9.18 Å². The summed E-state index contributed by atoms with van der Waals surface area (Å²) < 4.78 is 13.0. The molecule has 0 unspecified atom stereocenters. The summed E-state index contributed by atoms with van der Waals surface area (Å²) >= 11 is 7.09. The number of H-pyrrole nitrogens is 1. The molecule has 0 aliphatic rings. The average molecular weight is 391 g/mol. The Morgan fingerprint density at radius 2 is 2.04 bits per heavy atom. The predicted molar refractivity (Wildman–Crippen MR) is 102 cm³/mol. The molecule has 1 amide bonds. The molecule has 0 atom stereocenters. The first-order valence-electron chi connectivity index (χ1n) is 7.94. The van der Waals surface area contributed by atoms with Gasteiger partial charge < -0.3 is 5.32 Å². The van der Waals surface area contributed by atoms with E-state index in [-0.39, 0.29) is 16.7 Å². The van der Waals surface area contributed by atoms with Gasteiger partial charge in [0.25, 0.3) is 0 Å². The van der Waals surface area contributed by atoms with Crippen LogP contribution in [0.15, 0.2) is 47.6 Å². The van der Waals surface area contributed by atoms with Gasteiger partial charge in [0.1, 0.15) is 5.82 Å². The van der Waals surface area contributed by atoms with Gasteiger partial charge in [-0.1, -0.05) is 54.6 Å². The minimum absolute atomic E-state index is 0.111. The number of aromatic nitrogens is 3. The topological polar surface area (TPSA) is 70.7 Å². The number of rotatable bonds is 6. The number of aromatic amines is 1. The average Bonchev–Trinajstić information content (AvgIpc) is 3.11. The summed E-state index contributed by atoms with van der Waals surface area (Å²) in [7, 11) is 0. The number of thioether (sulfide) groups is 1. The minimum atomic E-state index is -0.456. The van der Waals surface area contributed by atoms with Crippen molar-refractivity contribution in [1.29, 1.82) is 0 Å². The predicted octanol–water partition coefficient (Wildman–Crippen LogP) is 4.56. The number of hydrogen-bond donors (Lipinski definition) is 2. The maximum atomic E-state index is 13.0. The van der Waals surface area contributed by atoms with Gasteiger partial charge >= 0.3 is 0 Å². The van der Waals surface area contributed by atoms with Crippen LogP contribution in [-0.2, 0) is 11.2 Å². The van der Waals surface area contributed by atoms with Crippen LogP contribution in [0.2, 0.25) is 5.02 Å². The number of anilines is 1. The second kappa shape index (κ2) is 8.33. The number of hydrogen-bond acceptors (Lipinski definition) is 4. The van der Waals surface area contributed by atoms with E-state index >= 15 is 0 Å². The molecular weight excluding hydrogens is 375 g/mol. The normalized spacial score (nSPS) is 10.7. The van der Waals surface area contributed by atoms with Gasteiger partial charge in [0.2, 0.25) is 11.1 Å². The molecule has 134 valence electrons. The lowest BCUT2D eigenvalue weighted by Crippen LogP contribution is -2.14. The Morgan fingerprint density at radius 3 is 2.73 bits per heavy atom. The summed E-state index contributed by atoms with van der Waals surface area (Å²) in [5.41, 5.74) is 2.55. The van der Waals surface area contributed by atoms with E-state index in [1.807, 2.05) is 24.3 Å². The second-order valence-corrected chi connectivity index (χ2v) is 6.83. The van der Waals surface area contributed by atoms with Crippen LogP contribution < -0.4 is 5.32 Å². The lowest BCUT2D eigenvalue weighted by Gasteiger charge is -2.06. The van der Waals surface area contributed by atoms with Crippen LogP contribution in [0.3, 0.4) is 0 Å². The number of benzene rings is 2. The minimum Gasteiger partial charge on any atom is -0.324 e. The first-order chi connectivity index (χ1) is 12.5. The molecule has 3 rings (SSSR count). The maximum Gasteiger partial charge on any atom is 0.234 e. The van der Waals surface area contributed by atoms with Crippen LogP contribution in [-0.4, -0.2) is 26.8 Å². The van der Waals surface area contributed by atoms with Crippen molar-refractivity contribution in [3.05, 3.63) is 58.9 Å². The van der Waals surface area contributed by atoms with E-state index < -0.39 is 5.82 Å². The maximum absolute atomic E-state index is 13.0. The molecule has 0 aliphatic heterocycles. The van der Waals surface area contributed by atoms with Crippen molar-refractivity contribution in [1.82, 2.24) is 15.2 Å². The lowest BCUT2D eigenvalue weighted by atomic mass is 10.1. The standard InChI is InChI=1S/C18H16ClFN4OS/c1-2-11-3-5-12(6-4-11)17-22-18(24-23-17)26-10-16(25)21-15-8-7-13(20)9-14(15)19/h3-9H,2,10H2,1H3,(H,21,25)(H,22,23,24). The summed E-state index contributed by atoms with van der Waals surface area (Å²) in [5.74, 6) is 0.0293. The molecule has 26 heavy (non-hydrogen) atoms. The third kappa shape index (κ3) is 4.62. The first-order valence-corrected chi connectivity index (χ1v) is 9.31. The SMILES string of the molecule is CCc1ccc(-c2nc(SCC(=O)Nc3ccc(F)cc3Cl)n[nH]2)cc1. The molecule has 0 radical (unpaired) electrons. The Hall–Kier alpha value is -2.38. The number of amides is 1. The highest BCUT2D eigenvalue weighted by Crippen LogP contribution is 2.23. The monoisotopic (exact) mass is 390 g/mol. The Bertz CT molecular complexity index is 914. The van der Waals surface area contributed by atoms with E-state index in [0.717, 1.165) is 18.1 Å². The molecule has 0 saturated carbocycles. The van der Waals surface area contributed by atoms with E-state index in [1.165, 1.54) is 29.5 Å². The molecular formula is C18H16ClFN4OS. The lowest BCUT2D eigenvalue weighted by molar-refractivity contribution is -0.113. The van der Waals surface area contributed by atoms with Crippen molar-refractivity contribution in [2.24, 2.45) is 0 Å². The Labute approximate surface area is 159 Å². The van der Waals surface area contributed by atoms with Crippen molar-refractivity contribution >= 4 is 35.0 Å². The van der Waals surface area contributed by atoms with Gasteiger partial charge in [-0.2, -0.15) is 0 Å². The molecule has 8 heteroatoms. The Kier molecular flexibility index (Phi) is 5.90. The van der Waals surface area contributed by atoms with Crippen LogP contribution in [0.25, 0.3) is 11.4 Å². The van der Waals surface area contributed by atoms with Gasteiger partial charge in [-0.25, -0.2) is 9.37 Å². The summed E-state index contributed by atoms with van der Waals surface area (Å²) in [6, 6.07) is 11.9. The molecule has 3 aromatic rings. The van der Waals surface area contributed by atoms with E-state index in [1.54, 1.807) is 0 Å². The fourth-order valence-electron chi connectivity index (χ4n) is 2.25. The fraction of sp³-hybridized carbons (Fsp3) is 0.167. The van der Waals surface area contributed by atoms with Gasteiger partial charge in [-0.05, 0) is 30.2 Å². The van der Waals surface area contributed by atoms with Crippen LogP contribution in [0.4, 0.5) is 10.1 Å². The number of carbonyl (C=O) groups is 1. The molecule has 0 saturated heterocycles. The number of nitrogens with zero attached hydrogens (tertiary/aromatic N) is 2. The largest absolute Gasteiger partial charge is 0.324 e. The smallest absolute Gasteiger partial charge is 0.234 e. The number of aryl methyl sites for hydroxylation is 1. The zero-order valence-electron chi connectivity index (χ0n) is 13.9. The van der Waals surface area contributed by atoms with Crippen molar-refractivity contribution < 1.29 is 9.18 Å². The quantitative estimate of drug-likeness (QED) is 0.605. The Balaban J connectivity index is 1.58. The zero-order valence-corrected chi connectivity index (χ0v) is 15.5. The molecule has 1 aromatic heterocycles. The van der Waals surface area contributed by atoms with Gasteiger partial charge in [-0.3, -0.25) is 9.89 Å². The number of nitrogens with one attached hydrogen (secondary N) is 2. The summed E-state index contributed by atoms with van der Waals surface area (Å²) in [4.78, 5) is 16.4. The van der Waals surface area contributed by atoms with E-state index in [0.29, 0.717) is 16.7 Å². The third-order valence-electron chi connectivity index (χ3n) is 3.64. The fourth-order valence-corrected chi connectivity index (χ4v) is 3.06. The molecule has 2 aromatic carbocycles. The van der Waals surface area contributed by atoms with Crippen LogP contribution in [0.5, 0.6) is 0 Å². The number of halogens is 2. The summed E-state index contributed by atoms with van der Waals surface area (Å²) in [6.07, 6.45) is 0.977. The second-order valence-electron chi connectivity index (χ2n) is 5.48. The molecule has 0 bridgehead atoms. The van der Waals surface area contributed by atoms with Crippen LogP contribution >= 0.6 is 23.4 Å². The van der Waals surface area contributed by atoms with E-state index in [4.69, 9.17) is 11.6 Å². The summed E-state index contributed by atoms with van der Waals surface area (Å²) in [6.45, 7) is 2.10. The van der Waals surface area contributed by atoms with Crippen molar-refractivity contribution in [2.75, 3.05) is 11.1 Å². The van der Waals surface area contributed by atoms with Gasteiger partial charge in [-0.15, -0.1) is 5.10 Å². The molecule has 0 aliphatic carbocycles. The van der Waals surface area contributed by atoms with Gasteiger partial charge in [0.05, 0.1) is 16.5 Å². The van der Waals surface area contributed by atoms with Crippen molar-refractivity contribution in [3.8, 4) is 11.4 Å². The van der Waals surface area contributed by atoms with Crippen LogP contribution in [0, 0.1) is 5.82 Å². The van der Waals surface area contributed by atoms with Crippen molar-refractivity contribution in [2.45, 2.75) is 18.5 Å². The molecule has 0 fully saturated rings. The first kappa shape index (κ1) is 18.4. The molecule has 2 N–H and O–H groups in total. The van der Waals surface area contributed by atoms with Gasteiger partial charge in [0, 0.05) is 5.56 Å². The number of carbonyl (C=O) groups excluding carboxylic acids is 1. The van der Waals surface area contributed by atoms with Gasteiger partial charge in [0.15, 0.2) is 5.82 Å². The highest BCUT2D eigenvalue weighted by molar-refractivity contribution is 7.99. The zero-order chi connectivity index (χ0) is 18.5. The molecule has 0 spiro atoms.